The van der Waals surface area contributed by atoms with Gasteiger partial charge in [-0.05, 0) is 49.7 Å². The molecule has 1 heterocycles. The van der Waals surface area contributed by atoms with E-state index in [1.54, 1.807) is 29.2 Å². The predicted octanol–water partition coefficient (Wildman–Crippen LogP) is 3.67. The molecule has 0 bridgehead atoms. The summed E-state index contributed by atoms with van der Waals surface area (Å²) in [7, 11) is 0. The highest BCUT2D eigenvalue weighted by atomic mass is 16.5. The van der Waals surface area contributed by atoms with Crippen LogP contribution in [0.25, 0.3) is 0 Å². The molecular weight excluding hydrogens is 384 g/mol. The molecule has 0 spiro atoms. The number of para-hydroxylation sites is 1. The number of benzene rings is 2. The van der Waals surface area contributed by atoms with Gasteiger partial charge in [-0.1, -0.05) is 25.1 Å². The van der Waals surface area contributed by atoms with E-state index < -0.39 is 6.10 Å². The number of ether oxygens (including phenoxy) is 2. The van der Waals surface area contributed by atoms with Crippen molar-refractivity contribution in [3.63, 3.8) is 0 Å². The summed E-state index contributed by atoms with van der Waals surface area (Å²) in [5.41, 5.74) is 0. The molecule has 1 saturated heterocycles. The van der Waals surface area contributed by atoms with E-state index in [0.29, 0.717) is 18.0 Å². The van der Waals surface area contributed by atoms with Crippen LogP contribution in [0.1, 0.15) is 26.7 Å². The Kier molecular flexibility index (Phi) is 7.30. The summed E-state index contributed by atoms with van der Waals surface area (Å²) in [6, 6.07) is 16.2. The average molecular weight is 412 g/mol. The Balaban J connectivity index is 1.50. The summed E-state index contributed by atoms with van der Waals surface area (Å²) in [6.45, 7) is 4.26. The minimum atomic E-state index is -0.977. The number of aliphatic hydroxyl groups is 1. The smallest absolute Gasteiger partial charge is 0.327 e. The molecule has 2 aromatic carbocycles. The molecule has 30 heavy (non-hydrogen) atoms. The van der Waals surface area contributed by atoms with Crippen LogP contribution in [-0.2, 0) is 4.79 Å². The third-order valence-electron chi connectivity index (χ3n) is 5.11. The standard InChI is InChI=1S/C23H28N2O5/c1-3-17(2)24-14-13-22(27)25(23(24)28)15-18(26)16-29-19-9-11-21(12-10-19)30-20-7-5-4-6-8-20/h4-12,17-18,26H,3,13-16H2,1-2H3/t17-,18+/m1/s1. The second kappa shape index (κ2) is 10.1. The van der Waals surface area contributed by atoms with Gasteiger partial charge in [-0.3, -0.25) is 9.69 Å². The number of carbonyl (C=O) groups excluding carboxylic acids is 2. The summed E-state index contributed by atoms with van der Waals surface area (Å²) < 4.78 is 11.3. The number of rotatable bonds is 9. The number of aliphatic hydroxyl groups excluding tert-OH is 1. The number of hydrogen-bond acceptors (Lipinski definition) is 5. The molecule has 0 saturated carbocycles. The molecule has 3 rings (SSSR count). The Hall–Kier alpha value is -3.06. The fourth-order valence-electron chi connectivity index (χ4n) is 3.20. The second-order valence-electron chi connectivity index (χ2n) is 7.34. The van der Waals surface area contributed by atoms with Gasteiger partial charge in [0.1, 0.15) is 30.0 Å². The number of β-amino-alcohol motifs (C(OH)–C–C–N with tert-alkyl or cyclic N) is 1. The minimum Gasteiger partial charge on any atom is -0.491 e. The van der Waals surface area contributed by atoms with Crippen molar-refractivity contribution in [2.75, 3.05) is 19.7 Å². The molecule has 1 fully saturated rings. The fourth-order valence-corrected chi connectivity index (χ4v) is 3.20. The SMILES string of the molecule is CC[C@@H](C)N1CCC(=O)N(C[C@H](O)COc2ccc(Oc3ccccc3)cc2)C1=O. The third kappa shape index (κ3) is 5.51. The van der Waals surface area contributed by atoms with Crippen LogP contribution < -0.4 is 9.47 Å². The molecule has 1 aliphatic heterocycles. The number of hydrogen-bond donors (Lipinski definition) is 1. The summed E-state index contributed by atoms with van der Waals surface area (Å²) in [5.74, 6) is 1.71. The van der Waals surface area contributed by atoms with E-state index in [9.17, 15) is 14.7 Å². The lowest BCUT2D eigenvalue weighted by Crippen LogP contribution is -2.56. The van der Waals surface area contributed by atoms with Crippen molar-refractivity contribution in [3.05, 3.63) is 54.6 Å². The van der Waals surface area contributed by atoms with Crippen LogP contribution in [0.2, 0.25) is 0 Å². The van der Waals surface area contributed by atoms with Crippen molar-refractivity contribution < 1.29 is 24.2 Å². The predicted molar refractivity (Wildman–Crippen MR) is 113 cm³/mol. The molecule has 0 radical (unpaired) electrons. The van der Waals surface area contributed by atoms with Crippen molar-refractivity contribution in [3.8, 4) is 17.2 Å². The van der Waals surface area contributed by atoms with E-state index in [-0.39, 0.29) is 37.6 Å². The monoisotopic (exact) mass is 412 g/mol. The first-order valence-electron chi connectivity index (χ1n) is 10.2. The molecule has 7 nitrogen and oxygen atoms in total. The van der Waals surface area contributed by atoms with Gasteiger partial charge in [0.2, 0.25) is 5.91 Å². The first kappa shape index (κ1) is 21.6. The highest BCUT2D eigenvalue weighted by Crippen LogP contribution is 2.23. The Bertz CT molecular complexity index is 840. The van der Waals surface area contributed by atoms with Crippen LogP contribution in [0.4, 0.5) is 4.79 Å². The van der Waals surface area contributed by atoms with E-state index in [1.807, 2.05) is 44.2 Å². The van der Waals surface area contributed by atoms with Gasteiger partial charge >= 0.3 is 6.03 Å². The van der Waals surface area contributed by atoms with E-state index in [4.69, 9.17) is 9.47 Å². The molecule has 160 valence electrons. The number of carbonyl (C=O) groups is 2. The normalized spacial score (nSPS) is 16.4. The number of amides is 3. The zero-order valence-electron chi connectivity index (χ0n) is 17.4. The van der Waals surface area contributed by atoms with Gasteiger partial charge in [0.25, 0.3) is 0 Å². The number of urea groups is 1. The molecule has 1 N–H and O–H groups in total. The maximum absolute atomic E-state index is 12.6. The van der Waals surface area contributed by atoms with Gasteiger partial charge in [0, 0.05) is 19.0 Å². The van der Waals surface area contributed by atoms with Crippen LogP contribution in [0.15, 0.2) is 54.6 Å². The summed E-state index contributed by atoms with van der Waals surface area (Å²) in [6.07, 6.45) is 0.102. The summed E-state index contributed by atoms with van der Waals surface area (Å²) in [4.78, 5) is 27.6. The second-order valence-corrected chi connectivity index (χ2v) is 7.34. The highest BCUT2D eigenvalue weighted by molar-refractivity contribution is 5.97. The van der Waals surface area contributed by atoms with Gasteiger partial charge in [-0.25, -0.2) is 4.79 Å². The molecule has 0 unspecified atom stereocenters. The van der Waals surface area contributed by atoms with Crippen molar-refractivity contribution in [2.24, 2.45) is 0 Å². The van der Waals surface area contributed by atoms with Crippen molar-refractivity contribution >= 4 is 11.9 Å². The number of imide groups is 1. The first-order chi connectivity index (χ1) is 14.5. The summed E-state index contributed by atoms with van der Waals surface area (Å²) >= 11 is 0. The molecule has 7 heteroatoms. The Morgan fingerprint density at radius 3 is 2.30 bits per heavy atom. The van der Waals surface area contributed by atoms with E-state index in [2.05, 4.69) is 0 Å². The molecule has 3 amide bonds. The van der Waals surface area contributed by atoms with Gasteiger partial charge in [-0.2, -0.15) is 0 Å². The molecule has 1 aliphatic rings. The quantitative estimate of drug-likeness (QED) is 0.680. The molecule has 2 aromatic rings. The average Bonchev–Trinajstić information content (AvgIpc) is 2.76. The Morgan fingerprint density at radius 2 is 1.63 bits per heavy atom. The van der Waals surface area contributed by atoms with Crippen LogP contribution in [0, 0.1) is 0 Å². The topological polar surface area (TPSA) is 79.3 Å². The van der Waals surface area contributed by atoms with Crippen LogP contribution in [-0.4, -0.2) is 58.7 Å². The molecular formula is C23H28N2O5. The molecule has 2 atom stereocenters. The third-order valence-corrected chi connectivity index (χ3v) is 5.11. The van der Waals surface area contributed by atoms with Crippen LogP contribution in [0.3, 0.4) is 0 Å². The van der Waals surface area contributed by atoms with Gasteiger partial charge in [0.05, 0.1) is 6.54 Å². The van der Waals surface area contributed by atoms with Crippen molar-refractivity contribution in [1.82, 2.24) is 9.80 Å². The van der Waals surface area contributed by atoms with E-state index in [0.717, 1.165) is 17.1 Å². The van der Waals surface area contributed by atoms with Crippen molar-refractivity contribution in [1.29, 1.82) is 0 Å². The van der Waals surface area contributed by atoms with Gasteiger partial charge in [0.15, 0.2) is 0 Å². The Morgan fingerprint density at radius 1 is 1.00 bits per heavy atom. The van der Waals surface area contributed by atoms with E-state index in [1.165, 1.54) is 0 Å². The van der Waals surface area contributed by atoms with Crippen LogP contribution in [0.5, 0.6) is 17.2 Å². The lowest BCUT2D eigenvalue weighted by Gasteiger charge is -2.38. The molecule has 0 aromatic heterocycles. The highest BCUT2D eigenvalue weighted by Gasteiger charge is 2.35. The lowest BCUT2D eigenvalue weighted by molar-refractivity contribution is -0.132. The Labute approximate surface area is 176 Å². The molecule has 0 aliphatic carbocycles. The number of nitrogens with zero attached hydrogens (tertiary/aromatic N) is 2. The van der Waals surface area contributed by atoms with E-state index >= 15 is 0 Å². The van der Waals surface area contributed by atoms with Crippen LogP contribution >= 0.6 is 0 Å². The zero-order valence-corrected chi connectivity index (χ0v) is 17.4. The fraction of sp³-hybridized carbons (Fsp3) is 0.391. The lowest BCUT2D eigenvalue weighted by atomic mass is 10.1. The van der Waals surface area contributed by atoms with Gasteiger partial charge < -0.3 is 19.5 Å². The maximum Gasteiger partial charge on any atom is 0.327 e. The first-order valence-corrected chi connectivity index (χ1v) is 10.2. The largest absolute Gasteiger partial charge is 0.491 e. The van der Waals surface area contributed by atoms with Gasteiger partial charge in [-0.15, -0.1) is 0 Å². The zero-order chi connectivity index (χ0) is 21.5. The minimum absolute atomic E-state index is 0.0285. The van der Waals surface area contributed by atoms with Crippen molar-refractivity contribution in [2.45, 2.75) is 38.8 Å². The summed E-state index contributed by atoms with van der Waals surface area (Å²) in [5, 5.41) is 10.3. The maximum atomic E-state index is 12.6.